The van der Waals surface area contributed by atoms with Gasteiger partial charge in [0.2, 0.25) is 47.3 Å². The second-order valence-corrected chi connectivity index (χ2v) is 35.4. The molecule has 728 valence electrons. The van der Waals surface area contributed by atoms with Gasteiger partial charge in [0.1, 0.15) is 41.5 Å². The van der Waals surface area contributed by atoms with Gasteiger partial charge in [-0.2, -0.15) is 0 Å². The third-order valence-electron chi connectivity index (χ3n) is 24.9. The highest BCUT2D eigenvalue weighted by Crippen LogP contribution is 2.34. The van der Waals surface area contributed by atoms with Gasteiger partial charge in [-0.15, -0.1) is 0 Å². The predicted molar refractivity (Wildman–Crippen MR) is 536 cm³/mol. The summed E-state index contributed by atoms with van der Waals surface area (Å²) < 4.78 is 19.0. The Morgan fingerprint density at radius 1 is 0.317 bits per heavy atom. The summed E-state index contributed by atoms with van der Waals surface area (Å²) in [5, 5.41) is 22.8. The Morgan fingerprint density at radius 3 is 0.993 bits per heavy atom. The molecule has 4 saturated heterocycles. The van der Waals surface area contributed by atoms with Crippen LogP contribution >= 0.6 is 0 Å². The van der Waals surface area contributed by atoms with Crippen LogP contribution in [-0.4, -0.2) is 167 Å². The Kier molecular flexibility index (Phi) is 39.6. The van der Waals surface area contributed by atoms with Crippen LogP contribution in [0.3, 0.4) is 0 Å². The molecular formula is C109H127FN16O13. The number of nitrogens with one attached hydrogen (secondary N) is 8. The Labute approximate surface area is 811 Å². The maximum Gasteiger partial charge on any atom is 0.251 e. The lowest BCUT2D eigenvalue weighted by Crippen LogP contribution is -2.49. The van der Waals surface area contributed by atoms with Gasteiger partial charge in [0.15, 0.2) is 0 Å². The number of carbonyl (C=O) groups is 12. The number of ether oxygens (including phenoxy) is 1. The zero-order valence-corrected chi connectivity index (χ0v) is 78.8. The molecule has 10 aromatic rings. The van der Waals surface area contributed by atoms with Crippen LogP contribution in [0.2, 0.25) is 0 Å². The Morgan fingerprint density at radius 2 is 0.640 bits per heavy atom. The van der Waals surface area contributed by atoms with E-state index in [1.807, 2.05) is 121 Å². The fourth-order valence-electron chi connectivity index (χ4n) is 17.4. The average Bonchev–Trinajstić information content (AvgIpc) is 1.81. The summed E-state index contributed by atoms with van der Waals surface area (Å²) in [5.74, 6) is -1.76. The third-order valence-corrected chi connectivity index (χ3v) is 24.9. The highest BCUT2D eigenvalue weighted by molar-refractivity contribution is 6.04. The molecule has 4 heterocycles. The first kappa shape index (κ1) is 103. The monoisotopic (exact) mass is 1890 g/mol. The lowest BCUT2D eigenvalue weighted by molar-refractivity contribution is -0.136. The van der Waals surface area contributed by atoms with E-state index in [2.05, 4.69) is 61.6 Å². The number of likely N-dealkylation sites (tertiary alicyclic amines) is 4. The molecule has 15 rings (SSSR count). The van der Waals surface area contributed by atoms with Gasteiger partial charge in [-0.1, -0.05) is 148 Å². The van der Waals surface area contributed by atoms with Crippen molar-refractivity contribution in [3.05, 3.63) is 310 Å². The zero-order valence-electron chi connectivity index (χ0n) is 78.8. The molecule has 1 saturated carbocycles. The number of anilines is 4. The SMILES string of the molecule is CCCc1ccc(C(=O)NC2CCCCN(CC(=O)Nc3cccc(CN)c3)C2=O)cc1.NCc1cccc(NC(=O)CN2CCCCC(NC(=O)c3ccc(C4CCCCC4)cc3)C2=O)c1.NCc1cccc(NC(=O)CN2CCCCC(NC(=O)c3ccc(Oc4ccccc4)cc3)C2=O)c1.NCc1cccc(NC(=O)CN2CCCCC(NC(=O)c3cccc(-c4ccc(F)cc4)c3)C2=O)c1. The van der Waals surface area contributed by atoms with Gasteiger partial charge in [-0.25, -0.2) is 4.39 Å². The quantitative estimate of drug-likeness (QED) is 0.0199. The molecule has 29 nitrogen and oxygen atoms in total. The minimum atomic E-state index is -0.720. The van der Waals surface area contributed by atoms with Crippen molar-refractivity contribution in [2.24, 2.45) is 22.9 Å². The summed E-state index contributed by atoms with van der Waals surface area (Å²) >= 11 is 0. The van der Waals surface area contributed by atoms with Crippen molar-refractivity contribution in [1.82, 2.24) is 40.9 Å². The zero-order chi connectivity index (χ0) is 98.4. The topological polar surface area (TPSA) is 427 Å². The van der Waals surface area contributed by atoms with Crippen molar-refractivity contribution in [2.75, 3.05) is 73.6 Å². The average molecular weight is 1890 g/mol. The Bertz CT molecular complexity index is 5830. The number of hydrogen-bond acceptors (Lipinski definition) is 17. The number of para-hydroxylation sites is 1. The maximum absolute atomic E-state index is 13.3. The smallest absolute Gasteiger partial charge is 0.251 e. The molecule has 0 radical (unpaired) electrons. The summed E-state index contributed by atoms with van der Waals surface area (Å²) in [4.78, 5) is 161. The second kappa shape index (κ2) is 53.2. The predicted octanol–water partition coefficient (Wildman–Crippen LogP) is 14.2. The highest BCUT2D eigenvalue weighted by Gasteiger charge is 2.35. The van der Waals surface area contributed by atoms with Crippen LogP contribution in [0, 0.1) is 5.82 Å². The summed E-state index contributed by atoms with van der Waals surface area (Å²) in [6.45, 7) is 5.25. The molecule has 10 aromatic carbocycles. The van der Waals surface area contributed by atoms with Crippen LogP contribution in [0.1, 0.15) is 203 Å². The first-order chi connectivity index (χ1) is 67.5. The molecule has 4 atom stereocenters. The number of benzene rings is 10. The first-order valence-electron chi connectivity index (χ1n) is 48.1. The van der Waals surface area contributed by atoms with Gasteiger partial charge < -0.3 is 89.8 Å². The fraction of sp³-hybridized carbons (Fsp3) is 0.339. The number of hydrogen-bond donors (Lipinski definition) is 12. The minimum Gasteiger partial charge on any atom is -0.457 e. The number of amides is 12. The van der Waals surface area contributed by atoms with E-state index in [9.17, 15) is 61.9 Å². The third kappa shape index (κ3) is 32.0. The normalized spacial score (nSPS) is 16.7. The standard InChI is InChI=1S/C28H29FN4O3.C28H30N4O4.C28H36N4O3.C25H32N4O3/c29-23-12-10-20(11-13-23)21-6-4-7-22(16-21)27(35)32-25-9-1-2-14-33(28(25)36)18-26(34)31-24-8-3-5-19(15-24)17-30;29-18-20-7-6-8-22(17-20)30-26(33)19-32-16-5-4-11-25(28(32)35)31-27(34)21-12-14-24(15-13-21)36-23-9-2-1-3-10-23;29-18-20-7-6-10-24(17-20)30-26(33)19-32-16-5-4-11-25(28(32)35)31-27(34)23-14-12-22(13-15-23)21-8-2-1-3-9-21;1-2-6-18-10-12-20(13-11-18)24(31)28-22-9-3-4-14-29(25(22)32)17-23(30)27-21-8-5-7-19(15-21)16-26/h3-8,10-13,15-16,25H,1-2,9,14,17-18,30H2,(H,31,34)(H,32,35);1-3,6-10,12-15,17,25H,4-5,11,16,18-19,29H2,(H,30,33)(H,31,34);6-7,10,12-15,17,21,25H,1-5,8-9,11,16,18-19,29H2,(H,30,33)(H,31,34);5,7-8,10-13,15,22H,2-4,6,9,14,16-17,26H2,1H3,(H,27,30)(H,28,31). The van der Waals surface area contributed by atoms with Crippen LogP contribution in [0.25, 0.3) is 11.1 Å². The highest BCUT2D eigenvalue weighted by atomic mass is 19.1. The molecule has 5 aliphatic rings. The van der Waals surface area contributed by atoms with Crippen molar-refractivity contribution < 1.29 is 66.7 Å². The van der Waals surface area contributed by atoms with Crippen LogP contribution in [0.15, 0.2) is 249 Å². The van der Waals surface area contributed by atoms with E-state index in [4.69, 9.17) is 27.7 Å². The summed E-state index contributed by atoms with van der Waals surface area (Å²) in [6.07, 6.45) is 16.7. The molecule has 12 amide bonds. The molecule has 4 unspecified atom stereocenters. The fourth-order valence-corrected chi connectivity index (χ4v) is 17.4. The number of nitrogens with two attached hydrogens (primary N) is 4. The van der Waals surface area contributed by atoms with E-state index in [1.54, 1.807) is 108 Å². The van der Waals surface area contributed by atoms with Gasteiger partial charge in [0, 0.05) is 97.4 Å². The molecule has 5 fully saturated rings. The molecule has 0 spiro atoms. The lowest BCUT2D eigenvalue weighted by Gasteiger charge is -2.25. The summed E-state index contributed by atoms with van der Waals surface area (Å²) in [5.41, 5.74) is 34.8. The van der Waals surface area contributed by atoms with E-state index < -0.39 is 24.2 Å². The van der Waals surface area contributed by atoms with Crippen LogP contribution < -0.4 is 70.2 Å². The van der Waals surface area contributed by atoms with Gasteiger partial charge >= 0.3 is 0 Å². The minimum absolute atomic E-state index is 0.0475. The van der Waals surface area contributed by atoms with Gasteiger partial charge in [0.05, 0.1) is 26.2 Å². The molecular weight excluding hydrogens is 1760 g/mol. The lowest BCUT2D eigenvalue weighted by atomic mass is 9.84. The van der Waals surface area contributed by atoms with Crippen molar-refractivity contribution in [2.45, 2.75) is 185 Å². The number of nitrogens with zero attached hydrogens (tertiary/aromatic N) is 4. The maximum atomic E-state index is 13.3. The van der Waals surface area contributed by atoms with Gasteiger partial charge in [-0.3, -0.25) is 57.5 Å². The molecule has 1 aliphatic carbocycles. The van der Waals surface area contributed by atoms with Crippen molar-refractivity contribution in [3.63, 3.8) is 0 Å². The van der Waals surface area contributed by atoms with E-state index in [0.29, 0.717) is 140 Å². The van der Waals surface area contributed by atoms with E-state index in [0.717, 1.165) is 97.6 Å². The molecule has 139 heavy (non-hydrogen) atoms. The first-order valence-corrected chi connectivity index (χ1v) is 48.1. The molecule has 0 aromatic heterocycles. The Balaban J connectivity index is 0.000000166. The van der Waals surface area contributed by atoms with E-state index in [-0.39, 0.29) is 103 Å². The van der Waals surface area contributed by atoms with Crippen LogP contribution in [-0.2, 0) is 71.0 Å². The van der Waals surface area contributed by atoms with Crippen LogP contribution in [0.5, 0.6) is 11.5 Å². The van der Waals surface area contributed by atoms with E-state index >= 15 is 0 Å². The molecule has 16 N–H and O–H groups in total. The molecule has 4 aliphatic heterocycles. The van der Waals surface area contributed by atoms with Crippen molar-refractivity contribution in [3.8, 4) is 22.6 Å². The molecule has 0 bridgehead atoms. The van der Waals surface area contributed by atoms with Gasteiger partial charge in [0.25, 0.3) is 23.6 Å². The number of rotatable bonds is 30. The van der Waals surface area contributed by atoms with Gasteiger partial charge in [-0.05, 0) is 280 Å². The van der Waals surface area contributed by atoms with Crippen molar-refractivity contribution >= 4 is 93.6 Å². The molecule has 30 heteroatoms. The van der Waals surface area contributed by atoms with Crippen molar-refractivity contribution in [1.29, 1.82) is 0 Å². The Hall–Kier alpha value is -14.6. The largest absolute Gasteiger partial charge is 0.457 e. The van der Waals surface area contributed by atoms with E-state index in [1.165, 1.54) is 70.1 Å². The number of halogens is 1. The van der Waals surface area contributed by atoms with Crippen LogP contribution in [0.4, 0.5) is 27.1 Å². The number of aryl methyl sites for hydroxylation is 1. The number of carbonyl (C=O) groups excluding carboxylic acids is 12. The second-order valence-electron chi connectivity index (χ2n) is 35.4. The summed E-state index contributed by atoms with van der Waals surface area (Å²) in [6, 6.07) is 71.0. The summed E-state index contributed by atoms with van der Waals surface area (Å²) in [7, 11) is 0.